The summed E-state index contributed by atoms with van der Waals surface area (Å²) in [5.41, 5.74) is 7.27. The number of aromatic nitrogens is 2. The number of anilines is 1. The molecule has 2 aromatic rings. The zero-order valence-electron chi connectivity index (χ0n) is 8.71. The first-order valence-corrected chi connectivity index (χ1v) is 4.64. The summed E-state index contributed by atoms with van der Waals surface area (Å²) in [6.45, 7) is 0. The van der Waals surface area contributed by atoms with Crippen molar-refractivity contribution in [3.8, 4) is 17.5 Å². The van der Waals surface area contributed by atoms with Crippen molar-refractivity contribution in [1.29, 1.82) is 5.26 Å². The Balaban J connectivity index is 2.69. The fraction of sp³-hybridized carbons (Fsp3) is 0.0909. The molecule has 0 aliphatic carbocycles. The largest absolute Gasteiger partial charge is 0.493 e. The highest BCUT2D eigenvalue weighted by Crippen LogP contribution is 2.29. The maximum absolute atomic E-state index is 8.98. The van der Waals surface area contributed by atoms with Crippen LogP contribution in [-0.4, -0.2) is 16.9 Å². The lowest BCUT2D eigenvalue weighted by molar-refractivity contribution is 0.410. The molecule has 0 aliphatic heterocycles. The van der Waals surface area contributed by atoms with Crippen LogP contribution < -0.4 is 10.5 Å². The van der Waals surface area contributed by atoms with E-state index in [0.717, 1.165) is 0 Å². The Labute approximate surface area is 92.7 Å². The van der Waals surface area contributed by atoms with E-state index in [4.69, 9.17) is 15.7 Å². The summed E-state index contributed by atoms with van der Waals surface area (Å²) in [7, 11) is 1.51. The van der Waals surface area contributed by atoms with Gasteiger partial charge < -0.3 is 10.5 Å². The standard InChI is InChI=1S/C11H10N4O/c1-16-11-8(7-12)5-9(13)6-10(11)15-4-2-3-14-15/h2-6H,13H2,1H3. The van der Waals surface area contributed by atoms with Crippen LogP contribution in [0.2, 0.25) is 0 Å². The predicted molar refractivity (Wildman–Crippen MR) is 59.2 cm³/mol. The fourth-order valence-electron chi connectivity index (χ4n) is 1.51. The van der Waals surface area contributed by atoms with Crippen molar-refractivity contribution in [1.82, 2.24) is 9.78 Å². The Morgan fingerprint density at radius 2 is 2.31 bits per heavy atom. The first kappa shape index (κ1) is 10.1. The third-order valence-corrected chi connectivity index (χ3v) is 2.17. The van der Waals surface area contributed by atoms with Crippen LogP contribution in [0.1, 0.15) is 5.56 Å². The summed E-state index contributed by atoms with van der Waals surface area (Å²) in [5.74, 6) is 0.473. The van der Waals surface area contributed by atoms with Gasteiger partial charge in [-0.15, -0.1) is 0 Å². The van der Waals surface area contributed by atoms with Crippen LogP contribution in [0.15, 0.2) is 30.6 Å². The van der Waals surface area contributed by atoms with Crippen molar-refractivity contribution in [2.75, 3.05) is 12.8 Å². The summed E-state index contributed by atoms with van der Waals surface area (Å²) >= 11 is 0. The van der Waals surface area contributed by atoms with Crippen molar-refractivity contribution in [3.05, 3.63) is 36.2 Å². The molecule has 0 unspecified atom stereocenters. The number of benzene rings is 1. The number of nitrogen functional groups attached to an aromatic ring is 1. The van der Waals surface area contributed by atoms with Crippen molar-refractivity contribution < 1.29 is 4.74 Å². The van der Waals surface area contributed by atoms with E-state index in [2.05, 4.69) is 5.10 Å². The van der Waals surface area contributed by atoms with Gasteiger partial charge in [0.15, 0.2) is 5.75 Å². The van der Waals surface area contributed by atoms with Crippen molar-refractivity contribution in [2.24, 2.45) is 0 Å². The third kappa shape index (κ3) is 1.57. The molecule has 0 radical (unpaired) electrons. The van der Waals surface area contributed by atoms with Crippen molar-refractivity contribution >= 4 is 5.69 Å². The van der Waals surface area contributed by atoms with Crippen molar-refractivity contribution in [2.45, 2.75) is 0 Å². The molecule has 1 aromatic carbocycles. The van der Waals surface area contributed by atoms with E-state index < -0.39 is 0 Å². The SMILES string of the molecule is COc1c(C#N)cc(N)cc1-n1cccn1. The predicted octanol–water partition coefficient (Wildman–Crippen LogP) is 1.33. The lowest BCUT2D eigenvalue weighted by Gasteiger charge is -2.10. The molecule has 16 heavy (non-hydrogen) atoms. The Morgan fingerprint density at radius 1 is 1.50 bits per heavy atom. The van der Waals surface area contributed by atoms with Crippen LogP contribution in [-0.2, 0) is 0 Å². The summed E-state index contributed by atoms with van der Waals surface area (Å²) in [6, 6.07) is 7.12. The number of ether oxygens (including phenoxy) is 1. The first-order chi connectivity index (χ1) is 7.76. The van der Waals surface area contributed by atoms with E-state index in [9.17, 15) is 0 Å². The molecule has 0 saturated carbocycles. The average Bonchev–Trinajstić information content (AvgIpc) is 2.81. The van der Waals surface area contributed by atoms with Gasteiger partial charge in [-0.25, -0.2) is 4.68 Å². The molecule has 0 aliphatic rings. The minimum atomic E-state index is 0.396. The number of hydrogen-bond acceptors (Lipinski definition) is 4. The van der Waals surface area contributed by atoms with Crippen LogP contribution in [0, 0.1) is 11.3 Å². The zero-order chi connectivity index (χ0) is 11.5. The Morgan fingerprint density at radius 3 is 2.88 bits per heavy atom. The highest BCUT2D eigenvalue weighted by molar-refractivity contribution is 5.64. The van der Waals surface area contributed by atoms with Crippen LogP contribution in [0.25, 0.3) is 5.69 Å². The molecule has 2 N–H and O–H groups in total. The van der Waals surface area contributed by atoms with E-state index in [1.165, 1.54) is 7.11 Å². The van der Waals surface area contributed by atoms with Crippen molar-refractivity contribution in [3.63, 3.8) is 0 Å². The number of nitrogens with two attached hydrogens (primary N) is 1. The van der Waals surface area contributed by atoms with E-state index in [0.29, 0.717) is 22.7 Å². The van der Waals surface area contributed by atoms with Gasteiger partial charge in [0, 0.05) is 18.1 Å². The maximum atomic E-state index is 8.98. The smallest absolute Gasteiger partial charge is 0.162 e. The average molecular weight is 214 g/mol. The van der Waals surface area contributed by atoms with Gasteiger partial charge in [0.1, 0.15) is 11.8 Å². The molecule has 2 rings (SSSR count). The number of nitriles is 1. The van der Waals surface area contributed by atoms with E-state index >= 15 is 0 Å². The highest BCUT2D eigenvalue weighted by Gasteiger charge is 2.12. The molecule has 5 heteroatoms. The molecule has 5 nitrogen and oxygen atoms in total. The van der Waals surface area contributed by atoms with E-state index in [1.807, 2.05) is 6.07 Å². The van der Waals surface area contributed by atoms with Gasteiger partial charge in [0.2, 0.25) is 0 Å². The topological polar surface area (TPSA) is 76.9 Å². The third-order valence-electron chi connectivity index (χ3n) is 2.17. The van der Waals surface area contributed by atoms with Crippen LogP contribution in [0.4, 0.5) is 5.69 Å². The Bertz CT molecular complexity index is 540. The molecule has 0 atom stereocenters. The van der Waals surface area contributed by atoms with Crippen LogP contribution in [0.5, 0.6) is 5.75 Å². The van der Waals surface area contributed by atoms with Crippen LogP contribution in [0.3, 0.4) is 0 Å². The van der Waals surface area contributed by atoms with Gasteiger partial charge in [0.05, 0.1) is 12.7 Å². The molecule has 0 saturated heterocycles. The molecule has 0 fully saturated rings. The van der Waals surface area contributed by atoms with E-state index in [1.54, 1.807) is 35.3 Å². The minimum Gasteiger partial charge on any atom is -0.493 e. The van der Waals surface area contributed by atoms with Gasteiger partial charge >= 0.3 is 0 Å². The van der Waals surface area contributed by atoms with Gasteiger partial charge in [0.25, 0.3) is 0 Å². The molecule has 0 amide bonds. The molecule has 0 spiro atoms. The van der Waals surface area contributed by atoms with Crippen LogP contribution >= 0.6 is 0 Å². The quantitative estimate of drug-likeness (QED) is 0.765. The van der Waals surface area contributed by atoms with E-state index in [-0.39, 0.29) is 0 Å². The molecule has 0 bridgehead atoms. The number of nitrogens with zero attached hydrogens (tertiary/aromatic N) is 3. The molecule has 1 aromatic heterocycles. The summed E-state index contributed by atoms with van der Waals surface area (Å²) < 4.78 is 6.81. The second kappa shape index (κ2) is 3.95. The van der Waals surface area contributed by atoms with Gasteiger partial charge in [-0.05, 0) is 18.2 Å². The first-order valence-electron chi connectivity index (χ1n) is 4.64. The molecular weight excluding hydrogens is 204 g/mol. The Hall–Kier alpha value is -2.48. The molecule has 1 heterocycles. The second-order valence-corrected chi connectivity index (χ2v) is 3.18. The monoisotopic (exact) mass is 214 g/mol. The highest BCUT2D eigenvalue weighted by atomic mass is 16.5. The lowest BCUT2D eigenvalue weighted by Crippen LogP contribution is -2.02. The maximum Gasteiger partial charge on any atom is 0.162 e. The number of hydrogen-bond donors (Lipinski definition) is 1. The summed E-state index contributed by atoms with van der Waals surface area (Å²) in [5, 5.41) is 13.1. The lowest BCUT2D eigenvalue weighted by atomic mass is 10.1. The summed E-state index contributed by atoms with van der Waals surface area (Å²) in [4.78, 5) is 0. The normalized spacial score (nSPS) is 9.75. The second-order valence-electron chi connectivity index (χ2n) is 3.18. The van der Waals surface area contributed by atoms with Gasteiger partial charge in [-0.1, -0.05) is 0 Å². The zero-order valence-corrected chi connectivity index (χ0v) is 8.71. The number of methoxy groups -OCH3 is 1. The minimum absolute atomic E-state index is 0.396. The summed E-state index contributed by atoms with van der Waals surface area (Å²) in [6.07, 6.45) is 3.41. The Kier molecular flexibility index (Phi) is 2.48. The fourth-order valence-corrected chi connectivity index (χ4v) is 1.51. The molecular formula is C11H10N4O. The van der Waals surface area contributed by atoms with Gasteiger partial charge in [-0.3, -0.25) is 0 Å². The number of rotatable bonds is 2. The molecule has 80 valence electrons. The van der Waals surface area contributed by atoms with Gasteiger partial charge in [-0.2, -0.15) is 10.4 Å².